The van der Waals surface area contributed by atoms with Gasteiger partial charge in [0.05, 0.1) is 11.2 Å². The van der Waals surface area contributed by atoms with E-state index >= 15 is 0 Å². The second-order valence-corrected chi connectivity index (χ2v) is 7.30. The quantitative estimate of drug-likeness (QED) is 0.547. The number of amides is 1. The van der Waals surface area contributed by atoms with Crippen LogP contribution >= 0.6 is 0 Å². The third kappa shape index (κ3) is 3.51. The molecular weight excluding hydrogens is 364 g/mol. The van der Waals surface area contributed by atoms with Gasteiger partial charge in [0.1, 0.15) is 0 Å². The average Bonchev–Trinajstić information content (AvgIpc) is 3.29. The van der Waals surface area contributed by atoms with Crippen LogP contribution in [0.25, 0.3) is 16.6 Å². The highest BCUT2D eigenvalue weighted by Gasteiger charge is 2.13. The number of aromatic amines is 1. The molecule has 4 rings (SSSR count). The van der Waals surface area contributed by atoms with Crippen LogP contribution < -0.4 is 5.32 Å². The van der Waals surface area contributed by atoms with Gasteiger partial charge in [-0.2, -0.15) is 4.68 Å². The molecule has 0 spiro atoms. The van der Waals surface area contributed by atoms with Crippen molar-refractivity contribution in [2.75, 3.05) is 0 Å². The molecule has 7 nitrogen and oxygen atoms in total. The maximum Gasteiger partial charge on any atom is 0.251 e. The van der Waals surface area contributed by atoms with E-state index in [1.165, 1.54) is 22.2 Å². The molecule has 0 saturated heterocycles. The van der Waals surface area contributed by atoms with Gasteiger partial charge in [0.25, 0.3) is 5.91 Å². The predicted molar refractivity (Wildman–Crippen MR) is 112 cm³/mol. The van der Waals surface area contributed by atoms with Crippen LogP contribution in [-0.4, -0.2) is 31.1 Å². The molecule has 0 atom stereocenters. The molecule has 4 aromatic rings. The Morgan fingerprint density at radius 3 is 2.72 bits per heavy atom. The summed E-state index contributed by atoms with van der Waals surface area (Å²) in [5.74, 6) is 0.532. The zero-order valence-corrected chi connectivity index (χ0v) is 17.1. The number of fused-ring (bicyclic) bond motifs is 1. The molecule has 0 unspecified atom stereocenters. The van der Waals surface area contributed by atoms with Crippen molar-refractivity contribution < 1.29 is 4.79 Å². The van der Waals surface area contributed by atoms with Gasteiger partial charge in [-0.15, -0.1) is 5.10 Å². The molecule has 0 aliphatic rings. The smallest absolute Gasteiger partial charge is 0.251 e. The van der Waals surface area contributed by atoms with Gasteiger partial charge in [0.15, 0.2) is 5.82 Å². The van der Waals surface area contributed by atoms with Gasteiger partial charge in [-0.1, -0.05) is 24.6 Å². The minimum Gasteiger partial charge on any atom is -0.358 e. The fourth-order valence-corrected chi connectivity index (χ4v) is 3.73. The number of aryl methyl sites for hydroxylation is 4. The van der Waals surface area contributed by atoms with Crippen molar-refractivity contribution in [3.8, 4) is 5.69 Å². The minimum absolute atomic E-state index is 0.133. The van der Waals surface area contributed by atoms with Gasteiger partial charge in [0, 0.05) is 23.2 Å². The SMILES string of the molecule is CCc1[nH]c2c(CNC(=O)c3cccc(-n4nnnc4C)c3)cc(C)cc2c1C. The number of benzene rings is 2. The molecular formula is C22H24N6O. The number of aromatic nitrogens is 5. The highest BCUT2D eigenvalue weighted by molar-refractivity contribution is 5.95. The van der Waals surface area contributed by atoms with Gasteiger partial charge in [-0.3, -0.25) is 4.79 Å². The molecule has 2 aromatic carbocycles. The zero-order chi connectivity index (χ0) is 20.5. The zero-order valence-electron chi connectivity index (χ0n) is 17.1. The average molecular weight is 388 g/mol. The molecule has 0 bridgehead atoms. The first-order valence-electron chi connectivity index (χ1n) is 9.72. The maximum absolute atomic E-state index is 12.8. The fourth-order valence-electron chi connectivity index (χ4n) is 3.73. The topological polar surface area (TPSA) is 88.5 Å². The molecule has 2 N–H and O–H groups in total. The molecule has 0 aliphatic heterocycles. The highest BCUT2D eigenvalue weighted by Crippen LogP contribution is 2.26. The minimum atomic E-state index is -0.133. The molecule has 2 aromatic heterocycles. The lowest BCUT2D eigenvalue weighted by molar-refractivity contribution is 0.0951. The second kappa shape index (κ2) is 7.50. The third-order valence-electron chi connectivity index (χ3n) is 5.27. The normalized spacial score (nSPS) is 11.2. The molecule has 7 heteroatoms. The van der Waals surface area contributed by atoms with E-state index in [4.69, 9.17) is 0 Å². The summed E-state index contributed by atoms with van der Waals surface area (Å²) in [7, 11) is 0. The van der Waals surface area contributed by atoms with E-state index < -0.39 is 0 Å². The fraction of sp³-hybridized carbons (Fsp3) is 0.273. The summed E-state index contributed by atoms with van der Waals surface area (Å²) >= 11 is 0. The first-order valence-corrected chi connectivity index (χ1v) is 9.72. The van der Waals surface area contributed by atoms with E-state index in [2.05, 4.69) is 58.7 Å². The van der Waals surface area contributed by atoms with Gasteiger partial charge >= 0.3 is 0 Å². The summed E-state index contributed by atoms with van der Waals surface area (Å²) in [6.07, 6.45) is 0.953. The number of carbonyl (C=O) groups is 1. The first kappa shape index (κ1) is 18.9. The third-order valence-corrected chi connectivity index (χ3v) is 5.27. The number of rotatable bonds is 5. The standard InChI is InChI=1S/C22H24N6O/c1-5-20-14(3)19-10-13(2)9-17(21(19)24-20)12-23-22(29)16-7-6-8-18(11-16)28-15(4)25-26-27-28/h6-11,24H,5,12H2,1-4H3,(H,23,29). The summed E-state index contributed by atoms with van der Waals surface area (Å²) in [4.78, 5) is 16.3. The molecule has 0 radical (unpaired) electrons. The van der Waals surface area contributed by atoms with Crippen molar-refractivity contribution >= 4 is 16.8 Å². The van der Waals surface area contributed by atoms with Crippen LogP contribution in [-0.2, 0) is 13.0 Å². The van der Waals surface area contributed by atoms with E-state index in [-0.39, 0.29) is 5.91 Å². The van der Waals surface area contributed by atoms with Gasteiger partial charge in [0.2, 0.25) is 0 Å². The predicted octanol–water partition coefficient (Wildman–Crippen LogP) is 3.56. The Morgan fingerprint density at radius 2 is 2.00 bits per heavy atom. The molecule has 2 heterocycles. The largest absolute Gasteiger partial charge is 0.358 e. The van der Waals surface area contributed by atoms with Gasteiger partial charge in [-0.25, -0.2) is 0 Å². The molecule has 0 aliphatic carbocycles. The Labute approximate surface area is 169 Å². The van der Waals surface area contributed by atoms with E-state index in [0.29, 0.717) is 17.9 Å². The van der Waals surface area contributed by atoms with Crippen molar-refractivity contribution in [1.29, 1.82) is 0 Å². The summed E-state index contributed by atoms with van der Waals surface area (Å²) in [5, 5.41) is 15.8. The first-order chi connectivity index (χ1) is 14.0. The molecule has 1 amide bonds. The molecule has 29 heavy (non-hydrogen) atoms. The van der Waals surface area contributed by atoms with Crippen molar-refractivity contribution in [1.82, 2.24) is 30.5 Å². The summed E-state index contributed by atoms with van der Waals surface area (Å²) in [5.41, 5.74) is 7.21. The van der Waals surface area contributed by atoms with Crippen LogP contribution in [0.3, 0.4) is 0 Å². The number of nitrogens with zero attached hydrogens (tertiary/aromatic N) is 4. The van der Waals surface area contributed by atoms with Crippen LogP contribution in [0.4, 0.5) is 0 Å². The van der Waals surface area contributed by atoms with Gasteiger partial charge < -0.3 is 10.3 Å². The Hall–Kier alpha value is -3.48. The lowest BCUT2D eigenvalue weighted by Gasteiger charge is -2.09. The number of carbonyl (C=O) groups excluding carboxylic acids is 1. The van der Waals surface area contributed by atoms with Crippen molar-refractivity contribution in [3.05, 3.63) is 70.2 Å². The van der Waals surface area contributed by atoms with Crippen molar-refractivity contribution in [2.45, 2.75) is 40.7 Å². The number of nitrogens with one attached hydrogen (secondary N) is 2. The van der Waals surface area contributed by atoms with Crippen molar-refractivity contribution in [3.63, 3.8) is 0 Å². The van der Waals surface area contributed by atoms with Crippen LogP contribution in [0.15, 0.2) is 36.4 Å². The monoisotopic (exact) mass is 388 g/mol. The van der Waals surface area contributed by atoms with E-state index in [1.807, 2.05) is 19.1 Å². The maximum atomic E-state index is 12.8. The van der Waals surface area contributed by atoms with Crippen LogP contribution in [0.5, 0.6) is 0 Å². The van der Waals surface area contributed by atoms with Crippen molar-refractivity contribution in [2.24, 2.45) is 0 Å². The summed E-state index contributed by atoms with van der Waals surface area (Å²) in [6, 6.07) is 11.6. The van der Waals surface area contributed by atoms with Crippen LogP contribution in [0, 0.1) is 20.8 Å². The number of hydrogen-bond donors (Lipinski definition) is 2. The summed E-state index contributed by atoms with van der Waals surface area (Å²) in [6.45, 7) is 8.64. The molecule has 148 valence electrons. The lowest BCUT2D eigenvalue weighted by Crippen LogP contribution is -2.23. The summed E-state index contributed by atoms with van der Waals surface area (Å²) < 4.78 is 1.61. The highest BCUT2D eigenvalue weighted by atomic mass is 16.1. The Balaban J connectivity index is 1.59. The number of H-pyrrole nitrogens is 1. The molecule has 0 saturated carbocycles. The van der Waals surface area contributed by atoms with Gasteiger partial charge in [-0.05, 0) is 73.0 Å². The Kier molecular flexibility index (Phi) is 4.88. The Bertz CT molecular complexity index is 1200. The van der Waals surface area contributed by atoms with E-state index in [1.54, 1.807) is 16.8 Å². The number of tetrazole rings is 1. The van der Waals surface area contributed by atoms with E-state index in [0.717, 1.165) is 23.2 Å². The van der Waals surface area contributed by atoms with Crippen LogP contribution in [0.1, 0.15) is 45.5 Å². The second-order valence-electron chi connectivity index (χ2n) is 7.30. The molecule has 0 fully saturated rings. The van der Waals surface area contributed by atoms with E-state index in [9.17, 15) is 4.79 Å². The van der Waals surface area contributed by atoms with Crippen LogP contribution in [0.2, 0.25) is 0 Å². The number of hydrogen-bond acceptors (Lipinski definition) is 4. The lowest BCUT2D eigenvalue weighted by atomic mass is 10.0. The Morgan fingerprint density at radius 1 is 1.17 bits per heavy atom.